The van der Waals surface area contributed by atoms with Crippen LogP contribution in [-0.4, -0.2) is 0 Å². The maximum Gasteiger partial charge on any atom is 0.0259 e. The lowest BCUT2D eigenvalue weighted by Crippen LogP contribution is -2.08. The van der Waals surface area contributed by atoms with E-state index in [1.165, 1.54) is 5.56 Å². The Labute approximate surface area is 81.0 Å². The van der Waals surface area contributed by atoms with Crippen molar-refractivity contribution in [2.45, 2.75) is 26.7 Å². The summed E-state index contributed by atoms with van der Waals surface area (Å²) in [7, 11) is 0. The van der Waals surface area contributed by atoms with Crippen LogP contribution in [0, 0.1) is 17.8 Å². The molecule has 0 bridgehead atoms. The minimum absolute atomic E-state index is 0.0237. The Morgan fingerprint density at radius 2 is 1.85 bits per heavy atom. The average molecular weight is 172 g/mol. The van der Waals surface area contributed by atoms with Crippen LogP contribution in [0.1, 0.15) is 25.8 Å². The molecule has 0 radical (unpaired) electrons. The van der Waals surface area contributed by atoms with Crippen molar-refractivity contribution < 1.29 is 0 Å². The zero-order valence-corrected chi connectivity index (χ0v) is 8.38. The third-order valence-electron chi connectivity index (χ3n) is 2.27. The maximum absolute atomic E-state index is 5.42. The Morgan fingerprint density at radius 1 is 1.23 bits per heavy atom. The van der Waals surface area contributed by atoms with Crippen molar-refractivity contribution >= 4 is 0 Å². The van der Waals surface area contributed by atoms with Crippen molar-refractivity contribution in [2.75, 3.05) is 0 Å². The normalized spacial score (nSPS) is 10.8. The SMILES string of the molecule is C#CC(C)(C)CCc1ccccc1. The topological polar surface area (TPSA) is 0 Å². The number of hydrogen-bond acceptors (Lipinski definition) is 0. The van der Waals surface area contributed by atoms with Crippen LogP contribution < -0.4 is 0 Å². The van der Waals surface area contributed by atoms with E-state index < -0.39 is 0 Å². The third-order valence-corrected chi connectivity index (χ3v) is 2.27. The number of hydrogen-bond donors (Lipinski definition) is 0. The Bertz CT molecular complexity index is 288. The molecule has 0 aliphatic carbocycles. The molecule has 0 atom stereocenters. The fourth-order valence-electron chi connectivity index (χ4n) is 1.17. The van der Waals surface area contributed by atoms with Crippen molar-refractivity contribution in [1.82, 2.24) is 0 Å². The van der Waals surface area contributed by atoms with E-state index in [1.54, 1.807) is 0 Å². The summed E-state index contributed by atoms with van der Waals surface area (Å²) in [6, 6.07) is 10.5. The molecule has 0 unspecified atom stereocenters. The first-order chi connectivity index (χ1) is 6.14. The molecule has 0 heteroatoms. The molecule has 0 nitrogen and oxygen atoms in total. The van der Waals surface area contributed by atoms with Crippen LogP contribution in [-0.2, 0) is 6.42 Å². The van der Waals surface area contributed by atoms with Crippen molar-refractivity contribution in [1.29, 1.82) is 0 Å². The molecule has 1 aromatic carbocycles. The smallest absolute Gasteiger partial charge is 0.0259 e. The largest absolute Gasteiger partial charge is 0.120 e. The molecule has 0 aliphatic rings. The number of aryl methyl sites for hydroxylation is 1. The van der Waals surface area contributed by atoms with Crippen molar-refractivity contribution in [3.8, 4) is 12.3 Å². The molecule has 0 N–H and O–H groups in total. The van der Waals surface area contributed by atoms with E-state index in [4.69, 9.17) is 6.42 Å². The highest BCUT2D eigenvalue weighted by Gasteiger charge is 2.12. The van der Waals surface area contributed by atoms with Gasteiger partial charge in [-0.25, -0.2) is 0 Å². The molecule has 13 heavy (non-hydrogen) atoms. The van der Waals surface area contributed by atoms with E-state index in [1.807, 2.05) is 6.07 Å². The fourth-order valence-corrected chi connectivity index (χ4v) is 1.17. The molecule has 0 fully saturated rings. The van der Waals surface area contributed by atoms with Gasteiger partial charge in [-0.05, 0) is 32.3 Å². The first-order valence-electron chi connectivity index (χ1n) is 4.66. The second-order valence-electron chi connectivity index (χ2n) is 4.01. The number of terminal acetylenes is 1. The monoisotopic (exact) mass is 172 g/mol. The van der Waals surface area contributed by atoms with Crippen molar-refractivity contribution in [3.63, 3.8) is 0 Å². The zero-order chi connectivity index (χ0) is 9.73. The highest BCUT2D eigenvalue weighted by Crippen LogP contribution is 2.21. The maximum atomic E-state index is 5.42. The van der Waals surface area contributed by atoms with Crippen LogP contribution >= 0.6 is 0 Å². The van der Waals surface area contributed by atoms with Crippen LogP contribution in [0.15, 0.2) is 30.3 Å². The summed E-state index contributed by atoms with van der Waals surface area (Å²) in [6.07, 6.45) is 7.54. The third kappa shape index (κ3) is 3.34. The molecule has 68 valence electrons. The molecular formula is C13H16. The van der Waals surface area contributed by atoms with Gasteiger partial charge in [-0.3, -0.25) is 0 Å². The quantitative estimate of drug-likeness (QED) is 0.614. The fraction of sp³-hybridized carbons (Fsp3) is 0.385. The first-order valence-corrected chi connectivity index (χ1v) is 4.66. The first kappa shape index (κ1) is 9.86. The summed E-state index contributed by atoms with van der Waals surface area (Å²) in [5.74, 6) is 2.81. The molecule has 0 amide bonds. The van der Waals surface area contributed by atoms with Gasteiger partial charge in [0.2, 0.25) is 0 Å². The van der Waals surface area contributed by atoms with Gasteiger partial charge in [0.25, 0.3) is 0 Å². The Hall–Kier alpha value is -1.22. The molecular weight excluding hydrogens is 156 g/mol. The standard InChI is InChI=1S/C13H16/c1-4-13(2,3)11-10-12-8-6-5-7-9-12/h1,5-9H,10-11H2,2-3H3. The predicted molar refractivity (Wildman–Crippen MR) is 57.4 cm³/mol. The zero-order valence-electron chi connectivity index (χ0n) is 8.38. The molecule has 1 aromatic rings. The number of rotatable bonds is 3. The summed E-state index contributed by atoms with van der Waals surface area (Å²) < 4.78 is 0. The lowest BCUT2D eigenvalue weighted by atomic mass is 9.87. The van der Waals surface area contributed by atoms with Crippen molar-refractivity contribution in [2.24, 2.45) is 5.41 Å². The van der Waals surface area contributed by atoms with Crippen LogP contribution in [0.5, 0.6) is 0 Å². The van der Waals surface area contributed by atoms with E-state index in [2.05, 4.69) is 44.0 Å². The van der Waals surface area contributed by atoms with Gasteiger partial charge in [-0.1, -0.05) is 30.3 Å². The van der Waals surface area contributed by atoms with Gasteiger partial charge in [0.05, 0.1) is 0 Å². The van der Waals surface area contributed by atoms with E-state index in [0.717, 1.165) is 12.8 Å². The average Bonchev–Trinajstić information content (AvgIpc) is 2.17. The van der Waals surface area contributed by atoms with E-state index >= 15 is 0 Å². The Morgan fingerprint density at radius 3 is 2.38 bits per heavy atom. The van der Waals surface area contributed by atoms with E-state index in [-0.39, 0.29) is 5.41 Å². The summed E-state index contributed by atoms with van der Waals surface area (Å²) in [4.78, 5) is 0. The van der Waals surface area contributed by atoms with Gasteiger partial charge >= 0.3 is 0 Å². The van der Waals surface area contributed by atoms with E-state index in [9.17, 15) is 0 Å². The summed E-state index contributed by atoms with van der Waals surface area (Å²) >= 11 is 0. The van der Waals surface area contributed by atoms with Gasteiger partial charge in [0.1, 0.15) is 0 Å². The Balaban J connectivity index is 2.50. The second-order valence-corrected chi connectivity index (χ2v) is 4.01. The Kier molecular flexibility index (Phi) is 3.14. The molecule has 0 spiro atoms. The minimum Gasteiger partial charge on any atom is -0.120 e. The lowest BCUT2D eigenvalue weighted by molar-refractivity contribution is 0.459. The molecule has 0 saturated carbocycles. The second kappa shape index (κ2) is 4.14. The van der Waals surface area contributed by atoms with Gasteiger partial charge in [0, 0.05) is 5.41 Å². The van der Waals surface area contributed by atoms with Crippen LogP contribution in [0.3, 0.4) is 0 Å². The summed E-state index contributed by atoms with van der Waals surface area (Å²) in [5.41, 5.74) is 1.39. The van der Waals surface area contributed by atoms with E-state index in [0.29, 0.717) is 0 Å². The van der Waals surface area contributed by atoms with Crippen LogP contribution in [0.4, 0.5) is 0 Å². The summed E-state index contributed by atoms with van der Waals surface area (Å²) in [5, 5.41) is 0. The lowest BCUT2D eigenvalue weighted by Gasteiger charge is -2.16. The van der Waals surface area contributed by atoms with Gasteiger partial charge in [0.15, 0.2) is 0 Å². The van der Waals surface area contributed by atoms with Crippen LogP contribution in [0.25, 0.3) is 0 Å². The highest BCUT2D eigenvalue weighted by atomic mass is 14.2. The molecule has 0 heterocycles. The molecule has 0 aromatic heterocycles. The summed E-state index contributed by atoms with van der Waals surface area (Å²) in [6.45, 7) is 4.21. The molecule has 0 aliphatic heterocycles. The number of benzene rings is 1. The van der Waals surface area contributed by atoms with Crippen LogP contribution in [0.2, 0.25) is 0 Å². The predicted octanol–water partition coefficient (Wildman–Crippen LogP) is 3.28. The van der Waals surface area contributed by atoms with Gasteiger partial charge in [-0.2, -0.15) is 0 Å². The molecule has 0 saturated heterocycles. The van der Waals surface area contributed by atoms with Gasteiger partial charge in [-0.15, -0.1) is 12.3 Å². The van der Waals surface area contributed by atoms with Crippen molar-refractivity contribution in [3.05, 3.63) is 35.9 Å². The minimum atomic E-state index is 0.0237. The van der Waals surface area contributed by atoms with Gasteiger partial charge < -0.3 is 0 Å². The molecule has 1 rings (SSSR count). The highest BCUT2D eigenvalue weighted by molar-refractivity contribution is 5.15.